The van der Waals surface area contributed by atoms with Crippen molar-refractivity contribution in [3.05, 3.63) is 29.1 Å². The van der Waals surface area contributed by atoms with Crippen molar-refractivity contribution in [2.75, 3.05) is 44.2 Å². The van der Waals surface area contributed by atoms with Crippen molar-refractivity contribution in [2.45, 2.75) is 37.8 Å². The first-order valence-corrected chi connectivity index (χ1v) is 11.2. The number of amides is 4. The molecule has 4 amide bonds. The molecular formula is C22H26FN5O4. The first-order chi connectivity index (χ1) is 15.4. The highest BCUT2D eigenvalue weighted by Crippen LogP contribution is 2.34. The Labute approximate surface area is 184 Å². The van der Waals surface area contributed by atoms with Crippen LogP contribution in [0.25, 0.3) is 0 Å². The van der Waals surface area contributed by atoms with Crippen molar-refractivity contribution in [1.29, 1.82) is 0 Å². The molecule has 2 unspecified atom stereocenters. The normalized spacial score (nSPS) is 27.0. The number of carbonyl (C=O) groups excluding carboxylic acids is 4. The molecule has 0 radical (unpaired) electrons. The molecule has 170 valence electrons. The number of carbonyl (C=O) groups is 4. The second-order valence-corrected chi connectivity index (χ2v) is 8.82. The molecule has 3 saturated heterocycles. The van der Waals surface area contributed by atoms with E-state index in [1.807, 2.05) is 4.90 Å². The zero-order valence-electron chi connectivity index (χ0n) is 17.7. The third kappa shape index (κ3) is 3.57. The highest BCUT2D eigenvalue weighted by Gasteiger charge is 2.45. The molecule has 0 aliphatic carbocycles. The van der Waals surface area contributed by atoms with Gasteiger partial charge in [-0.05, 0) is 31.4 Å². The minimum Gasteiger partial charge on any atom is -0.368 e. The number of halogens is 1. The minimum absolute atomic E-state index is 0.0309. The summed E-state index contributed by atoms with van der Waals surface area (Å²) in [6.45, 7) is 5.14. The zero-order valence-corrected chi connectivity index (χ0v) is 17.7. The van der Waals surface area contributed by atoms with Gasteiger partial charge in [-0.1, -0.05) is 0 Å². The second-order valence-electron chi connectivity index (χ2n) is 8.82. The molecule has 0 bridgehead atoms. The number of rotatable bonds is 3. The number of nitrogens with one attached hydrogen (secondary N) is 2. The molecule has 4 heterocycles. The maximum Gasteiger partial charge on any atom is 0.262 e. The van der Waals surface area contributed by atoms with Crippen molar-refractivity contribution in [2.24, 2.45) is 0 Å². The molecule has 5 rings (SSSR count). The summed E-state index contributed by atoms with van der Waals surface area (Å²) in [6, 6.07) is 1.83. The van der Waals surface area contributed by atoms with E-state index in [9.17, 15) is 19.2 Å². The SMILES string of the molecule is O=C1CCC(N2C(=O)c3cc(F)c(N4CCCC(N5CCNCC5)C4)cc3C2=O)C(=O)N1. The summed E-state index contributed by atoms with van der Waals surface area (Å²) in [4.78, 5) is 54.9. The largest absolute Gasteiger partial charge is 0.368 e. The zero-order chi connectivity index (χ0) is 22.4. The first-order valence-electron chi connectivity index (χ1n) is 11.2. The van der Waals surface area contributed by atoms with Gasteiger partial charge in [0.1, 0.15) is 11.9 Å². The fraction of sp³-hybridized carbons (Fsp3) is 0.545. The molecule has 3 fully saturated rings. The number of benzene rings is 1. The molecule has 1 aromatic carbocycles. The van der Waals surface area contributed by atoms with Crippen LogP contribution in [0.4, 0.5) is 10.1 Å². The van der Waals surface area contributed by atoms with Crippen molar-refractivity contribution in [3.8, 4) is 0 Å². The molecule has 4 aliphatic heterocycles. The summed E-state index contributed by atoms with van der Waals surface area (Å²) in [6.07, 6.45) is 2.08. The van der Waals surface area contributed by atoms with Crippen LogP contribution < -0.4 is 15.5 Å². The van der Waals surface area contributed by atoms with Gasteiger partial charge < -0.3 is 10.2 Å². The molecule has 1 aromatic rings. The number of anilines is 1. The molecular weight excluding hydrogens is 417 g/mol. The van der Waals surface area contributed by atoms with Crippen LogP contribution in [0, 0.1) is 5.82 Å². The Kier molecular flexibility index (Phi) is 5.42. The van der Waals surface area contributed by atoms with Crippen LogP contribution in [0.5, 0.6) is 0 Å². The molecule has 2 atom stereocenters. The number of fused-ring (bicyclic) bond motifs is 1. The van der Waals surface area contributed by atoms with Gasteiger partial charge in [0.2, 0.25) is 11.8 Å². The highest BCUT2D eigenvalue weighted by molar-refractivity contribution is 6.23. The Balaban J connectivity index is 1.39. The summed E-state index contributed by atoms with van der Waals surface area (Å²) in [5.41, 5.74) is 0.395. The maximum absolute atomic E-state index is 15.1. The maximum atomic E-state index is 15.1. The number of piperidine rings is 2. The van der Waals surface area contributed by atoms with Gasteiger partial charge in [-0.2, -0.15) is 0 Å². The van der Waals surface area contributed by atoms with Crippen LogP contribution in [-0.2, 0) is 9.59 Å². The predicted molar refractivity (Wildman–Crippen MR) is 113 cm³/mol. The van der Waals surface area contributed by atoms with Crippen molar-refractivity contribution in [3.63, 3.8) is 0 Å². The van der Waals surface area contributed by atoms with E-state index in [1.165, 1.54) is 6.07 Å². The van der Waals surface area contributed by atoms with Gasteiger partial charge in [-0.25, -0.2) is 4.39 Å². The fourth-order valence-corrected chi connectivity index (χ4v) is 5.24. The Morgan fingerprint density at radius 2 is 1.66 bits per heavy atom. The summed E-state index contributed by atoms with van der Waals surface area (Å²) in [5, 5.41) is 5.51. The Morgan fingerprint density at radius 3 is 2.38 bits per heavy atom. The van der Waals surface area contributed by atoms with Gasteiger partial charge in [-0.3, -0.25) is 34.3 Å². The van der Waals surface area contributed by atoms with Gasteiger partial charge in [0.15, 0.2) is 0 Å². The van der Waals surface area contributed by atoms with Crippen molar-refractivity contribution < 1.29 is 23.6 Å². The van der Waals surface area contributed by atoms with E-state index in [1.54, 1.807) is 0 Å². The smallest absolute Gasteiger partial charge is 0.262 e. The van der Waals surface area contributed by atoms with E-state index < -0.39 is 35.5 Å². The van der Waals surface area contributed by atoms with E-state index in [0.29, 0.717) is 24.8 Å². The minimum atomic E-state index is -1.06. The van der Waals surface area contributed by atoms with Crippen LogP contribution in [-0.4, -0.2) is 84.8 Å². The van der Waals surface area contributed by atoms with Crippen LogP contribution in [0.15, 0.2) is 12.1 Å². The highest BCUT2D eigenvalue weighted by atomic mass is 19.1. The fourth-order valence-electron chi connectivity index (χ4n) is 5.24. The van der Waals surface area contributed by atoms with Gasteiger partial charge in [0.05, 0.1) is 16.8 Å². The molecule has 0 aromatic heterocycles. The molecule has 10 heteroatoms. The number of piperazine rings is 1. The van der Waals surface area contributed by atoms with Crippen molar-refractivity contribution >= 4 is 29.3 Å². The molecule has 9 nitrogen and oxygen atoms in total. The van der Waals surface area contributed by atoms with Crippen LogP contribution in [0.3, 0.4) is 0 Å². The number of hydrogen-bond donors (Lipinski definition) is 2. The lowest BCUT2D eigenvalue weighted by atomic mass is 10.0. The first kappa shape index (κ1) is 21.0. The van der Waals surface area contributed by atoms with Crippen molar-refractivity contribution in [1.82, 2.24) is 20.4 Å². The van der Waals surface area contributed by atoms with E-state index >= 15 is 4.39 Å². The van der Waals surface area contributed by atoms with Crippen LogP contribution in [0.2, 0.25) is 0 Å². The molecule has 32 heavy (non-hydrogen) atoms. The van der Waals surface area contributed by atoms with Gasteiger partial charge >= 0.3 is 0 Å². The summed E-state index contributed by atoms with van der Waals surface area (Å²) in [7, 11) is 0. The predicted octanol–water partition coefficient (Wildman–Crippen LogP) is 0.101. The monoisotopic (exact) mass is 443 g/mol. The second kappa shape index (κ2) is 8.25. The number of imide groups is 2. The lowest BCUT2D eigenvalue weighted by Crippen LogP contribution is -2.54. The summed E-state index contributed by atoms with van der Waals surface area (Å²) < 4.78 is 15.1. The molecule has 0 spiro atoms. The van der Waals surface area contributed by atoms with Gasteiger partial charge in [0, 0.05) is 51.7 Å². The topological polar surface area (TPSA) is 102 Å². The Morgan fingerprint density at radius 1 is 0.938 bits per heavy atom. The van der Waals surface area contributed by atoms with E-state index in [0.717, 1.165) is 50.0 Å². The average molecular weight is 443 g/mol. The van der Waals surface area contributed by atoms with E-state index in [4.69, 9.17) is 0 Å². The van der Waals surface area contributed by atoms with Gasteiger partial charge in [0.25, 0.3) is 11.8 Å². The number of nitrogens with zero attached hydrogens (tertiary/aromatic N) is 3. The average Bonchev–Trinajstić information content (AvgIpc) is 3.03. The van der Waals surface area contributed by atoms with Crippen LogP contribution in [0.1, 0.15) is 46.4 Å². The van der Waals surface area contributed by atoms with Gasteiger partial charge in [-0.15, -0.1) is 0 Å². The Bertz CT molecular complexity index is 993. The third-order valence-corrected chi connectivity index (χ3v) is 6.91. The lowest BCUT2D eigenvalue weighted by molar-refractivity contribution is -0.136. The van der Waals surface area contributed by atoms with E-state index in [2.05, 4.69) is 15.5 Å². The quantitative estimate of drug-likeness (QED) is 0.639. The lowest BCUT2D eigenvalue weighted by Gasteiger charge is -2.42. The Hall–Kier alpha value is -2.85. The van der Waals surface area contributed by atoms with E-state index in [-0.39, 0.29) is 24.0 Å². The molecule has 0 saturated carbocycles. The third-order valence-electron chi connectivity index (χ3n) is 6.91. The number of hydrogen-bond acceptors (Lipinski definition) is 7. The molecule has 4 aliphatic rings. The van der Waals surface area contributed by atoms with Crippen LogP contribution >= 0.6 is 0 Å². The molecule has 2 N–H and O–H groups in total. The standard InChI is InChI=1S/C22H26FN5O4/c23-16-10-14-15(22(32)28(21(14)31)17-3-4-19(29)25-20(17)30)11-18(16)27-7-1-2-13(12-27)26-8-5-24-6-9-26/h10-11,13,17,24H,1-9,12H2,(H,25,29,30). The summed E-state index contributed by atoms with van der Waals surface area (Å²) >= 11 is 0. The summed E-state index contributed by atoms with van der Waals surface area (Å²) in [5.74, 6) is -2.96.